The van der Waals surface area contributed by atoms with Crippen molar-refractivity contribution >= 4 is 29.0 Å². The summed E-state index contributed by atoms with van der Waals surface area (Å²) in [7, 11) is 1.89. The number of aromatic nitrogens is 2. The molecule has 1 aromatic carbocycles. The average molecular weight is 270 g/mol. The van der Waals surface area contributed by atoms with Gasteiger partial charge in [0.05, 0.1) is 10.0 Å². The molecule has 2 aromatic rings. The quantitative estimate of drug-likeness (QED) is 0.907. The Morgan fingerprint density at radius 1 is 1.35 bits per heavy atom. The van der Waals surface area contributed by atoms with Gasteiger partial charge in [-0.2, -0.15) is 0 Å². The third-order valence-electron chi connectivity index (χ3n) is 2.75. The van der Waals surface area contributed by atoms with Crippen LogP contribution in [-0.2, 0) is 13.5 Å². The van der Waals surface area contributed by atoms with Crippen LogP contribution < -0.4 is 5.73 Å². The maximum absolute atomic E-state index is 6.17. The Morgan fingerprint density at radius 3 is 2.65 bits per heavy atom. The molecule has 1 aromatic heterocycles. The topological polar surface area (TPSA) is 43.8 Å². The van der Waals surface area contributed by atoms with Crippen LogP contribution in [0.25, 0.3) is 11.3 Å². The number of benzene rings is 1. The van der Waals surface area contributed by atoms with Crippen LogP contribution in [0.4, 0.5) is 5.82 Å². The lowest BCUT2D eigenvalue weighted by Gasteiger charge is -2.04. The fraction of sp³-hybridized carbons (Fsp3) is 0.250. The summed E-state index contributed by atoms with van der Waals surface area (Å²) < 4.78 is 1.87. The van der Waals surface area contributed by atoms with E-state index < -0.39 is 0 Å². The van der Waals surface area contributed by atoms with Gasteiger partial charge in [-0.3, -0.25) is 0 Å². The summed E-state index contributed by atoms with van der Waals surface area (Å²) in [4.78, 5) is 4.49. The van der Waals surface area contributed by atoms with Crippen LogP contribution in [0, 0.1) is 0 Å². The number of aryl methyl sites for hydroxylation is 1. The Kier molecular flexibility index (Phi) is 3.31. The van der Waals surface area contributed by atoms with E-state index in [0.717, 1.165) is 17.8 Å². The van der Waals surface area contributed by atoms with Gasteiger partial charge in [-0.25, -0.2) is 4.98 Å². The van der Waals surface area contributed by atoms with Crippen LogP contribution >= 0.6 is 23.2 Å². The Labute approximate surface area is 110 Å². The molecule has 0 radical (unpaired) electrons. The van der Waals surface area contributed by atoms with Gasteiger partial charge >= 0.3 is 0 Å². The first-order valence-corrected chi connectivity index (χ1v) is 6.07. The van der Waals surface area contributed by atoms with Crippen molar-refractivity contribution < 1.29 is 0 Å². The second-order valence-corrected chi connectivity index (χ2v) is 4.56. The highest BCUT2D eigenvalue weighted by molar-refractivity contribution is 6.43. The molecule has 90 valence electrons. The normalized spacial score (nSPS) is 10.8. The first-order valence-electron chi connectivity index (χ1n) is 5.31. The van der Waals surface area contributed by atoms with Crippen molar-refractivity contribution in [3.63, 3.8) is 0 Å². The molecule has 0 spiro atoms. The van der Waals surface area contributed by atoms with E-state index in [1.54, 1.807) is 6.07 Å². The molecular formula is C12H13Cl2N3. The summed E-state index contributed by atoms with van der Waals surface area (Å²) in [6.45, 7) is 2.03. The number of rotatable bonds is 2. The molecule has 1 heterocycles. The molecule has 0 aliphatic carbocycles. The van der Waals surface area contributed by atoms with Crippen molar-refractivity contribution in [1.82, 2.24) is 9.55 Å². The van der Waals surface area contributed by atoms with Crippen molar-refractivity contribution in [2.24, 2.45) is 7.05 Å². The van der Waals surface area contributed by atoms with Gasteiger partial charge in [0, 0.05) is 19.0 Å². The zero-order valence-electron chi connectivity index (χ0n) is 9.67. The molecule has 0 saturated carbocycles. The van der Waals surface area contributed by atoms with E-state index in [9.17, 15) is 0 Å². The standard InChI is InChI=1S/C12H13Cl2N3/c1-3-9-16-11(12(15)17(9)2)7-5-4-6-8(13)10(7)14/h4-6H,3,15H2,1-2H3. The second-order valence-electron chi connectivity index (χ2n) is 3.78. The summed E-state index contributed by atoms with van der Waals surface area (Å²) in [5.74, 6) is 1.53. The van der Waals surface area contributed by atoms with Gasteiger partial charge in [0.2, 0.25) is 0 Å². The first-order chi connectivity index (χ1) is 8.06. The van der Waals surface area contributed by atoms with Crippen LogP contribution in [0.15, 0.2) is 18.2 Å². The van der Waals surface area contributed by atoms with Gasteiger partial charge in [0.15, 0.2) is 0 Å². The SMILES string of the molecule is CCc1nc(-c2cccc(Cl)c2Cl)c(N)n1C. The van der Waals surface area contributed by atoms with E-state index in [-0.39, 0.29) is 0 Å². The van der Waals surface area contributed by atoms with Gasteiger partial charge in [0.1, 0.15) is 17.3 Å². The molecule has 3 nitrogen and oxygen atoms in total. The molecular weight excluding hydrogens is 257 g/mol. The number of nitrogens with two attached hydrogens (primary N) is 1. The van der Waals surface area contributed by atoms with Gasteiger partial charge in [0.25, 0.3) is 0 Å². The highest BCUT2D eigenvalue weighted by Crippen LogP contribution is 2.35. The summed E-state index contributed by atoms with van der Waals surface area (Å²) in [6.07, 6.45) is 0.818. The van der Waals surface area contributed by atoms with E-state index in [1.165, 1.54) is 0 Å². The molecule has 0 atom stereocenters. The van der Waals surface area contributed by atoms with E-state index in [2.05, 4.69) is 4.98 Å². The number of imidazole rings is 1. The number of hydrogen-bond donors (Lipinski definition) is 1. The maximum Gasteiger partial charge on any atom is 0.131 e. The minimum Gasteiger partial charge on any atom is -0.383 e. The van der Waals surface area contributed by atoms with Gasteiger partial charge < -0.3 is 10.3 Å². The largest absolute Gasteiger partial charge is 0.383 e. The molecule has 0 aliphatic rings. The van der Waals surface area contributed by atoms with Crippen LogP contribution in [0.5, 0.6) is 0 Å². The Hall–Kier alpha value is -1.19. The van der Waals surface area contributed by atoms with Crippen molar-refractivity contribution in [2.45, 2.75) is 13.3 Å². The Morgan fingerprint density at radius 2 is 2.06 bits per heavy atom. The third-order valence-corrected chi connectivity index (χ3v) is 3.57. The molecule has 0 fully saturated rings. The predicted molar refractivity (Wildman–Crippen MR) is 72.5 cm³/mol. The maximum atomic E-state index is 6.17. The number of hydrogen-bond acceptors (Lipinski definition) is 2. The van der Waals surface area contributed by atoms with E-state index in [0.29, 0.717) is 21.6 Å². The molecule has 2 N–H and O–H groups in total. The van der Waals surface area contributed by atoms with Crippen LogP contribution in [-0.4, -0.2) is 9.55 Å². The van der Waals surface area contributed by atoms with Crippen LogP contribution in [0.3, 0.4) is 0 Å². The summed E-state index contributed by atoms with van der Waals surface area (Å²) in [5.41, 5.74) is 7.49. The molecule has 0 amide bonds. The lowest BCUT2D eigenvalue weighted by Crippen LogP contribution is -2.00. The van der Waals surface area contributed by atoms with Gasteiger partial charge in [-0.15, -0.1) is 0 Å². The highest BCUT2D eigenvalue weighted by atomic mass is 35.5. The summed E-state index contributed by atoms with van der Waals surface area (Å²) in [6, 6.07) is 5.45. The lowest BCUT2D eigenvalue weighted by atomic mass is 10.1. The number of nitrogen functional groups attached to an aromatic ring is 1. The molecule has 0 unspecified atom stereocenters. The molecule has 2 rings (SSSR count). The summed E-state index contributed by atoms with van der Waals surface area (Å²) >= 11 is 12.2. The van der Waals surface area contributed by atoms with Crippen LogP contribution in [0.1, 0.15) is 12.7 Å². The predicted octanol–water partition coefficient (Wildman–Crippen LogP) is 3.54. The first kappa shape index (κ1) is 12.3. The lowest BCUT2D eigenvalue weighted by molar-refractivity contribution is 0.816. The fourth-order valence-electron chi connectivity index (χ4n) is 1.76. The molecule has 0 saturated heterocycles. The number of halogens is 2. The second kappa shape index (κ2) is 4.59. The van der Waals surface area contributed by atoms with Crippen molar-refractivity contribution in [3.8, 4) is 11.3 Å². The third kappa shape index (κ3) is 2.01. The Balaban J connectivity index is 2.65. The highest BCUT2D eigenvalue weighted by Gasteiger charge is 2.16. The zero-order valence-corrected chi connectivity index (χ0v) is 11.2. The smallest absolute Gasteiger partial charge is 0.131 e. The minimum atomic E-state index is 0.488. The van der Waals surface area contributed by atoms with Gasteiger partial charge in [-0.05, 0) is 6.07 Å². The average Bonchev–Trinajstić information content (AvgIpc) is 2.60. The summed E-state index contributed by atoms with van der Waals surface area (Å²) in [5, 5.41) is 0.994. The Bertz CT molecular complexity index is 561. The van der Waals surface area contributed by atoms with E-state index >= 15 is 0 Å². The monoisotopic (exact) mass is 269 g/mol. The van der Waals surface area contributed by atoms with Crippen molar-refractivity contribution in [1.29, 1.82) is 0 Å². The molecule has 0 aliphatic heterocycles. The minimum absolute atomic E-state index is 0.488. The van der Waals surface area contributed by atoms with Crippen LogP contribution in [0.2, 0.25) is 10.0 Å². The number of nitrogens with zero attached hydrogens (tertiary/aromatic N) is 2. The van der Waals surface area contributed by atoms with E-state index in [4.69, 9.17) is 28.9 Å². The molecule has 17 heavy (non-hydrogen) atoms. The molecule has 0 bridgehead atoms. The fourth-order valence-corrected chi connectivity index (χ4v) is 2.15. The van der Waals surface area contributed by atoms with Crippen molar-refractivity contribution in [2.75, 3.05) is 5.73 Å². The van der Waals surface area contributed by atoms with E-state index in [1.807, 2.05) is 30.7 Å². The molecule has 5 heteroatoms. The van der Waals surface area contributed by atoms with Crippen molar-refractivity contribution in [3.05, 3.63) is 34.1 Å². The van der Waals surface area contributed by atoms with Gasteiger partial charge in [-0.1, -0.05) is 42.3 Å². The number of anilines is 1. The zero-order chi connectivity index (χ0) is 12.6.